The predicted molar refractivity (Wildman–Crippen MR) is 63.3 cm³/mol. The van der Waals surface area contributed by atoms with Crippen molar-refractivity contribution in [2.24, 2.45) is 0 Å². The van der Waals surface area contributed by atoms with Crippen LogP contribution in [-0.2, 0) is 13.1 Å². The average Bonchev–Trinajstić information content (AvgIpc) is 2.96. The van der Waals surface area contributed by atoms with E-state index in [1.54, 1.807) is 0 Å². The zero-order chi connectivity index (χ0) is 11.1. The number of rotatable bonds is 3. The summed E-state index contributed by atoms with van der Waals surface area (Å²) >= 11 is 0. The van der Waals surface area contributed by atoms with Crippen LogP contribution in [0.2, 0.25) is 0 Å². The van der Waals surface area contributed by atoms with E-state index in [0.717, 1.165) is 24.7 Å². The maximum Gasteiger partial charge on any atom is 0.134 e. The fraction of sp³-hybridized carbons (Fsp3) is 0.667. The number of nitrogens with zero attached hydrogens (tertiary/aromatic N) is 2. The number of nitrogens with one attached hydrogen (secondary N) is 2. The Morgan fingerprint density at radius 1 is 1.25 bits per heavy atom. The summed E-state index contributed by atoms with van der Waals surface area (Å²) in [4.78, 5) is 9.35. The summed E-state index contributed by atoms with van der Waals surface area (Å²) in [5.41, 5.74) is 2.46. The van der Waals surface area contributed by atoms with Gasteiger partial charge in [-0.3, -0.25) is 0 Å². The van der Waals surface area contributed by atoms with Gasteiger partial charge in [-0.1, -0.05) is 0 Å². The molecule has 4 nitrogen and oxygen atoms in total. The van der Waals surface area contributed by atoms with Crippen molar-refractivity contribution < 1.29 is 0 Å². The standard InChI is InChI=1S/C12H18N4/c1-7(2)14-12-9-5-13-6-10(9)15-11(16-12)8-3-4-8/h7-8,13H,3-6H2,1-2H3,(H,14,15,16). The molecule has 0 unspecified atom stereocenters. The van der Waals surface area contributed by atoms with Gasteiger partial charge in [0.2, 0.25) is 0 Å². The van der Waals surface area contributed by atoms with Crippen LogP contribution in [0.3, 0.4) is 0 Å². The van der Waals surface area contributed by atoms with Gasteiger partial charge in [0.25, 0.3) is 0 Å². The second-order valence-corrected chi connectivity index (χ2v) is 5.03. The summed E-state index contributed by atoms with van der Waals surface area (Å²) in [5.74, 6) is 2.72. The summed E-state index contributed by atoms with van der Waals surface area (Å²) in [6.07, 6.45) is 2.51. The van der Waals surface area contributed by atoms with E-state index in [-0.39, 0.29) is 0 Å². The topological polar surface area (TPSA) is 49.8 Å². The Morgan fingerprint density at radius 2 is 2.06 bits per heavy atom. The van der Waals surface area contributed by atoms with E-state index in [1.807, 2.05) is 0 Å². The van der Waals surface area contributed by atoms with E-state index in [9.17, 15) is 0 Å². The third kappa shape index (κ3) is 1.78. The van der Waals surface area contributed by atoms with Crippen molar-refractivity contribution in [3.8, 4) is 0 Å². The molecule has 1 aliphatic heterocycles. The Bertz CT molecular complexity index is 410. The lowest BCUT2D eigenvalue weighted by molar-refractivity contribution is 0.755. The summed E-state index contributed by atoms with van der Waals surface area (Å²) in [5, 5.41) is 6.78. The van der Waals surface area contributed by atoms with Crippen molar-refractivity contribution in [2.45, 2.75) is 51.7 Å². The molecule has 4 heteroatoms. The Balaban J connectivity index is 1.99. The number of fused-ring (bicyclic) bond motifs is 1. The first-order valence-electron chi connectivity index (χ1n) is 6.11. The molecule has 0 aromatic carbocycles. The molecule has 2 N–H and O–H groups in total. The highest BCUT2D eigenvalue weighted by Gasteiger charge is 2.29. The molecule has 0 spiro atoms. The zero-order valence-corrected chi connectivity index (χ0v) is 9.88. The van der Waals surface area contributed by atoms with E-state index < -0.39 is 0 Å². The molecule has 0 bridgehead atoms. The largest absolute Gasteiger partial charge is 0.368 e. The van der Waals surface area contributed by atoms with Crippen LogP contribution >= 0.6 is 0 Å². The molecule has 1 aromatic heterocycles. The van der Waals surface area contributed by atoms with Gasteiger partial charge < -0.3 is 10.6 Å². The number of aromatic nitrogens is 2. The van der Waals surface area contributed by atoms with Gasteiger partial charge in [-0.05, 0) is 26.7 Å². The van der Waals surface area contributed by atoms with Crippen LogP contribution in [0.4, 0.5) is 5.82 Å². The smallest absolute Gasteiger partial charge is 0.134 e. The minimum atomic E-state index is 0.423. The minimum absolute atomic E-state index is 0.423. The van der Waals surface area contributed by atoms with Crippen LogP contribution in [0.15, 0.2) is 0 Å². The van der Waals surface area contributed by atoms with Crippen LogP contribution in [0.25, 0.3) is 0 Å². The van der Waals surface area contributed by atoms with E-state index in [2.05, 4.69) is 34.4 Å². The Hall–Kier alpha value is -1.16. The van der Waals surface area contributed by atoms with Gasteiger partial charge in [-0.25, -0.2) is 9.97 Å². The SMILES string of the molecule is CC(C)Nc1nc(C2CC2)nc2c1CNC2. The fourth-order valence-corrected chi connectivity index (χ4v) is 2.10. The maximum absolute atomic E-state index is 4.68. The molecular formula is C12H18N4. The van der Waals surface area contributed by atoms with Gasteiger partial charge in [-0.2, -0.15) is 0 Å². The van der Waals surface area contributed by atoms with Crippen molar-refractivity contribution in [1.82, 2.24) is 15.3 Å². The molecule has 0 atom stereocenters. The first-order valence-corrected chi connectivity index (χ1v) is 6.11. The molecule has 3 rings (SSSR count). The number of hydrogen-bond donors (Lipinski definition) is 2. The van der Waals surface area contributed by atoms with Crippen molar-refractivity contribution >= 4 is 5.82 Å². The van der Waals surface area contributed by atoms with E-state index in [1.165, 1.54) is 24.1 Å². The minimum Gasteiger partial charge on any atom is -0.368 e. The molecule has 1 saturated carbocycles. The van der Waals surface area contributed by atoms with Gasteiger partial charge in [0, 0.05) is 30.6 Å². The third-order valence-electron chi connectivity index (χ3n) is 3.07. The van der Waals surface area contributed by atoms with E-state index >= 15 is 0 Å². The summed E-state index contributed by atoms with van der Waals surface area (Å²) in [7, 11) is 0. The molecular weight excluding hydrogens is 200 g/mol. The van der Waals surface area contributed by atoms with Gasteiger partial charge in [0.05, 0.1) is 5.69 Å². The molecule has 86 valence electrons. The molecule has 16 heavy (non-hydrogen) atoms. The van der Waals surface area contributed by atoms with Crippen LogP contribution in [0.5, 0.6) is 0 Å². The van der Waals surface area contributed by atoms with E-state index in [0.29, 0.717) is 12.0 Å². The van der Waals surface area contributed by atoms with Crippen molar-refractivity contribution in [3.63, 3.8) is 0 Å². The normalized spacial score (nSPS) is 18.9. The highest BCUT2D eigenvalue weighted by molar-refractivity contribution is 5.49. The molecule has 0 amide bonds. The van der Waals surface area contributed by atoms with Gasteiger partial charge >= 0.3 is 0 Å². The molecule has 0 radical (unpaired) electrons. The summed E-state index contributed by atoms with van der Waals surface area (Å²) in [6, 6.07) is 0.423. The molecule has 2 aliphatic rings. The molecule has 2 heterocycles. The van der Waals surface area contributed by atoms with Crippen LogP contribution in [0.1, 0.15) is 49.7 Å². The van der Waals surface area contributed by atoms with Crippen molar-refractivity contribution in [1.29, 1.82) is 0 Å². The molecule has 1 aromatic rings. The Kier molecular flexibility index (Phi) is 2.32. The van der Waals surface area contributed by atoms with Crippen molar-refractivity contribution in [3.05, 3.63) is 17.1 Å². The highest BCUT2D eigenvalue weighted by atomic mass is 15.1. The molecule has 1 fully saturated rings. The van der Waals surface area contributed by atoms with Crippen LogP contribution < -0.4 is 10.6 Å². The van der Waals surface area contributed by atoms with Gasteiger partial charge in [0.15, 0.2) is 0 Å². The first kappa shape index (κ1) is 10.0. The lowest BCUT2D eigenvalue weighted by Crippen LogP contribution is -2.15. The Morgan fingerprint density at radius 3 is 2.75 bits per heavy atom. The predicted octanol–water partition coefficient (Wildman–Crippen LogP) is 1.78. The number of hydrogen-bond acceptors (Lipinski definition) is 4. The number of anilines is 1. The van der Waals surface area contributed by atoms with Gasteiger partial charge in [0.1, 0.15) is 11.6 Å². The van der Waals surface area contributed by atoms with Crippen molar-refractivity contribution in [2.75, 3.05) is 5.32 Å². The van der Waals surface area contributed by atoms with Crippen LogP contribution in [0, 0.1) is 0 Å². The second kappa shape index (κ2) is 3.70. The maximum atomic E-state index is 4.68. The van der Waals surface area contributed by atoms with Crippen LogP contribution in [-0.4, -0.2) is 16.0 Å². The van der Waals surface area contributed by atoms with E-state index in [4.69, 9.17) is 0 Å². The summed E-state index contributed by atoms with van der Waals surface area (Å²) < 4.78 is 0. The third-order valence-corrected chi connectivity index (χ3v) is 3.07. The monoisotopic (exact) mass is 218 g/mol. The average molecular weight is 218 g/mol. The Labute approximate surface area is 95.9 Å². The molecule has 0 saturated heterocycles. The quantitative estimate of drug-likeness (QED) is 0.812. The lowest BCUT2D eigenvalue weighted by Gasteiger charge is -2.13. The first-order chi connectivity index (χ1) is 7.74. The fourth-order valence-electron chi connectivity index (χ4n) is 2.10. The molecule has 1 aliphatic carbocycles. The second-order valence-electron chi connectivity index (χ2n) is 5.03. The lowest BCUT2D eigenvalue weighted by atomic mass is 10.2. The zero-order valence-electron chi connectivity index (χ0n) is 9.88. The summed E-state index contributed by atoms with van der Waals surface area (Å²) in [6.45, 7) is 6.08. The highest BCUT2D eigenvalue weighted by Crippen LogP contribution is 2.39. The van der Waals surface area contributed by atoms with Gasteiger partial charge in [-0.15, -0.1) is 0 Å².